The number of para-hydroxylation sites is 1. The normalized spacial score (nSPS) is 22.3. The highest BCUT2D eigenvalue weighted by Crippen LogP contribution is 2.31. The molecule has 3 heterocycles. The van der Waals surface area contributed by atoms with Gasteiger partial charge < -0.3 is 20.3 Å². The molecule has 35 heavy (non-hydrogen) atoms. The number of anilines is 1. The van der Waals surface area contributed by atoms with Crippen molar-refractivity contribution in [2.45, 2.75) is 63.8 Å². The van der Waals surface area contributed by atoms with E-state index in [2.05, 4.69) is 26.6 Å². The largest absolute Gasteiger partial charge is 0.464 e. The van der Waals surface area contributed by atoms with Crippen LogP contribution in [0.4, 0.5) is 14.5 Å². The van der Waals surface area contributed by atoms with Crippen LogP contribution in [0.2, 0.25) is 0 Å². The van der Waals surface area contributed by atoms with Crippen molar-refractivity contribution in [3.63, 3.8) is 0 Å². The minimum atomic E-state index is -2.47. The first kappa shape index (κ1) is 24.4. The van der Waals surface area contributed by atoms with Gasteiger partial charge in [0.2, 0.25) is 0 Å². The third-order valence-electron chi connectivity index (χ3n) is 7.54. The van der Waals surface area contributed by atoms with Crippen molar-refractivity contribution < 1.29 is 18.3 Å². The number of alkyl halides is 2. The molecule has 2 aromatic rings. The maximum atomic E-state index is 12.9. The summed E-state index contributed by atoms with van der Waals surface area (Å²) in [4.78, 5) is 21.0. The van der Waals surface area contributed by atoms with Crippen LogP contribution in [0.15, 0.2) is 18.2 Å². The van der Waals surface area contributed by atoms with Crippen molar-refractivity contribution in [1.29, 1.82) is 0 Å². The van der Waals surface area contributed by atoms with Gasteiger partial charge in [-0.2, -0.15) is 0 Å². The number of rotatable bonds is 8. The third-order valence-corrected chi connectivity index (χ3v) is 8.61. The lowest BCUT2D eigenvalue weighted by molar-refractivity contribution is 0.0816. The highest BCUT2D eigenvalue weighted by atomic mass is 32.1. The van der Waals surface area contributed by atoms with Gasteiger partial charge in [-0.15, -0.1) is 0 Å². The summed E-state index contributed by atoms with van der Waals surface area (Å²) in [7, 11) is 0. The Morgan fingerprint density at radius 2 is 2.03 bits per heavy atom. The Morgan fingerprint density at radius 3 is 2.86 bits per heavy atom. The van der Waals surface area contributed by atoms with Gasteiger partial charge in [-0.1, -0.05) is 23.5 Å². The Labute approximate surface area is 209 Å². The molecular weight excluding hydrogens is 470 g/mol. The number of fused-ring (bicyclic) bond motifs is 2. The quantitative estimate of drug-likeness (QED) is 0.553. The van der Waals surface area contributed by atoms with Crippen molar-refractivity contribution in [2.75, 3.05) is 38.1 Å². The molecule has 9 heteroatoms. The van der Waals surface area contributed by atoms with Crippen molar-refractivity contribution in [2.24, 2.45) is 5.92 Å². The summed E-state index contributed by atoms with van der Waals surface area (Å²) in [6.45, 7) is 3.32. The summed E-state index contributed by atoms with van der Waals surface area (Å²) in [5.41, 5.74) is 4.04. The smallest absolute Gasteiger partial charge is 0.273 e. The number of hydrogen-bond donors (Lipinski definition) is 2. The predicted octanol–water partition coefficient (Wildman–Crippen LogP) is 4.53. The van der Waals surface area contributed by atoms with Gasteiger partial charge in [-0.05, 0) is 69.0 Å². The maximum absolute atomic E-state index is 12.9. The average molecular weight is 505 g/mol. The van der Waals surface area contributed by atoms with Gasteiger partial charge in [0.15, 0.2) is 6.61 Å². The average Bonchev–Trinajstić information content (AvgIpc) is 3.45. The summed E-state index contributed by atoms with van der Waals surface area (Å²) in [6, 6.07) is 6.26. The molecule has 190 valence electrons. The lowest BCUT2D eigenvalue weighted by Gasteiger charge is -2.31. The lowest BCUT2D eigenvalue weighted by atomic mass is 9.84. The van der Waals surface area contributed by atoms with E-state index in [4.69, 9.17) is 4.74 Å². The lowest BCUT2D eigenvalue weighted by Crippen LogP contribution is -2.38. The zero-order valence-electron chi connectivity index (χ0n) is 20.0. The van der Waals surface area contributed by atoms with Gasteiger partial charge >= 0.3 is 0 Å². The molecule has 0 radical (unpaired) electrons. The summed E-state index contributed by atoms with van der Waals surface area (Å²) in [5, 5.41) is 7.01. The molecule has 0 atom stereocenters. The predicted molar refractivity (Wildman–Crippen MR) is 134 cm³/mol. The minimum Gasteiger partial charge on any atom is -0.464 e. The van der Waals surface area contributed by atoms with Gasteiger partial charge in [0.05, 0.1) is 16.9 Å². The van der Waals surface area contributed by atoms with Crippen molar-refractivity contribution in [3.8, 4) is 5.19 Å². The number of hydrogen-bond acceptors (Lipinski definition) is 6. The number of ether oxygens (including phenoxy) is 1. The second-order valence-corrected chi connectivity index (χ2v) is 10.9. The first-order valence-corrected chi connectivity index (χ1v) is 13.7. The van der Waals surface area contributed by atoms with Crippen LogP contribution in [0.1, 0.15) is 58.6 Å². The van der Waals surface area contributed by atoms with Gasteiger partial charge in [0.25, 0.3) is 17.5 Å². The van der Waals surface area contributed by atoms with Gasteiger partial charge in [0.1, 0.15) is 0 Å². The zero-order valence-corrected chi connectivity index (χ0v) is 20.8. The molecule has 0 spiro atoms. The maximum Gasteiger partial charge on any atom is 0.273 e. The number of nitrogens with one attached hydrogen (secondary N) is 2. The molecular formula is C26H34F2N4O2S. The topological polar surface area (TPSA) is 66.5 Å². The Hall–Kier alpha value is -2.26. The molecule has 3 aliphatic rings. The molecule has 1 fully saturated rings. The molecule has 6 nitrogen and oxygen atoms in total. The molecule has 1 amide bonds. The van der Waals surface area contributed by atoms with Crippen LogP contribution in [0.3, 0.4) is 0 Å². The van der Waals surface area contributed by atoms with E-state index in [1.54, 1.807) is 0 Å². The SMILES string of the molecule is O=C(N[C@H]1CC[C@H](CCN2CCc3nc(OCC(F)F)sc3CC2)CC1)c1cccc2c1NCC2. The van der Waals surface area contributed by atoms with E-state index in [1.165, 1.54) is 28.2 Å². The summed E-state index contributed by atoms with van der Waals surface area (Å²) >= 11 is 1.42. The second kappa shape index (κ2) is 11.2. The van der Waals surface area contributed by atoms with Crippen molar-refractivity contribution in [1.82, 2.24) is 15.2 Å². The van der Waals surface area contributed by atoms with E-state index in [0.29, 0.717) is 11.1 Å². The Bertz CT molecular complexity index is 997. The molecule has 1 aliphatic carbocycles. The van der Waals surface area contributed by atoms with Crippen LogP contribution < -0.4 is 15.4 Å². The van der Waals surface area contributed by atoms with Crippen LogP contribution in [0, 0.1) is 5.92 Å². The van der Waals surface area contributed by atoms with Crippen LogP contribution in [-0.4, -0.2) is 61.0 Å². The van der Waals surface area contributed by atoms with Crippen molar-refractivity contribution in [3.05, 3.63) is 39.9 Å². The third kappa shape index (κ3) is 6.12. The molecule has 1 aromatic carbocycles. The van der Waals surface area contributed by atoms with Crippen molar-refractivity contribution >= 4 is 22.9 Å². The number of aromatic nitrogens is 1. The number of nitrogens with zero attached hydrogens (tertiary/aromatic N) is 2. The highest BCUT2D eigenvalue weighted by molar-refractivity contribution is 7.13. The summed E-state index contributed by atoms with van der Waals surface area (Å²) in [5.74, 6) is 0.753. The van der Waals surface area contributed by atoms with Crippen LogP contribution >= 0.6 is 11.3 Å². The second-order valence-electron chi connectivity index (χ2n) is 9.89. The number of carbonyl (C=O) groups excluding carboxylic acids is 1. The van der Waals surface area contributed by atoms with Gasteiger partial charge in [-0.3, -0.25) is 4.79 Å². The first-order valence-electron chi connectivity index (χ1n) is 12.8. The standard InChI is InChI=1S/C26H34F2N4O2S/c27-23(28)16-34-26-31-21-10-14-32(15-11-22(21)35-26)13-9-17-4-6-19(7-5-17)30-25(33)20-3-1-2-18-8-12-29-24(18)20/h1-3,17,19,23,29H,4-16H2,(H,30,33)/t17-,19-. The Balaban J connectivity index is 1.03. The van der Waals surface area contributed by atoms with Crippen LogP contribution in [0.25, 0.3) is 0 Å². The summed E-state index contributed by atoms with van der Waals surface area (Å²) < 4.78 is 29.9. The van der Waals surface area contributed by atoms with E-state index in [9.17, 15) is 13.6 Å². The number of amides is 1. The molecule has 2 aliphatic heterocycles. The fraction of sp³-hybridized carbons (Fsp3) is 0.615. The van der Waals surface area contributed by atoms with Crippen LogP contribution in [-0.2, 0) is 19.3 Å². The molecule has 2 N–H and O–H groups in total. The highest BCUT2D eigenvalue weighted by Gasteiger charge is 2.26. The Kier molecular flexibility index (Phi) is 7.82. The Morgan fingerprint density at radius 1 is 1.20 bits per heavy atom. The van der Waals surface area contributed by atoms with E-state index in [1.807, 2.05) is 12.1 Å². The molecule has 1 saturated carbocycles. The van der Waals surface area contributed by atoms with E-state index < -0.39 is 13.0 Å². The summed E-state index contributed by atoms with van der Waals surface area (Å²) in [6.07, 6.45) is 5.85. The van der Waals surface area contributed by atoms with Gasteiger partial charge in [-0.25, -0.2) is 13.8 Å². The number of thiazole rings is 1. The number of halogens is 2. The molecule has 0 saturated heterocycles. The zero-order chi connectivity index (χ0) is 24.2. The van der Waals surface area contributed by atoms with Crippen LogP contribution in [0.5, 0.6) is 5.19 Å². The molecule has 5 rings (SSSR count). The number of benzene rings is 1. The minimum absolute atomic E-state index is 0.0492. The number of carbonyl (C=O) groups is 1. The first-order chi connectivity index (χ1) is 17.0. The van der Waals surface area contributed by atoms with E-state index in [-0.39, 0.29) is 11.9 Å². The fourth-order valence-corrected chi connectivity index (χ4v) is 6.51. The fourth-order valence-electron chi connectivity index (χ4n) is 5.56. The monoisotopic (exact) mass is 504 g/mol. The molecule has 1 aromatic heterocycles. The molecule has 0 bridgehead atoms. The molecule has 0 unspecified atom stereocenters. The van der Waals surface area contributed by atoms with E-state index in [0.717, 1.165) is 88.1 Å². The van der Waals surface area contributed by atoms with E-state index >= 15 is 0 Å². The van der Waals surface area contributed by atoms with Gasteiger partial charge in [0, 0.05) is 37.0 Å².